The van der Waals surface area contributed by atoms with Gasteiger partial charge in [-0.25, -0.2) is 0 Å². The molecule has 0 spiro atoms. The van der Waals surface area contributed by atoms with E-state index in [0.29, 0.717) is 6.04 Å². The van der Waals surface area contributed by atoms with Crippen molar-refractivity contribution in [1.82, 2.24) is 10.3 Å². The molecule has 20 heavy (non-hydrogen) atoms. The molecule has 4 heteroatoms. The van der Waals surface area contributed by atoms with Crippen molar-refractivity contribution in [3.63, 3.8) is 0 Å². The molecule has 0 fully saturated rings. The molecule has 0 saturated heterocycles. The Bertz CT molecular complexity index is 543. The maximum atomic E-state index is 6.24. The second-order valence-corrected chi connectivity index (χ2v) is 5.56. The Morgan fingerprint density at radius 2 is 2.00 bits per heavy atom. The molecule has 106 valence electrons. The van der Waals surface area contributed by atoms with E-state index in [2.05, 4.69) is 17.2 Å². The first kappa shape index (κ1) is 15.3. The molecule has 1 aromatic carbocycles. The van der Waals surface area contributed by atoms with E-state index in [9.17, 15) is 0 Å². The topological polar surface area (TPSA) is 24.9 Å². The molecule has 0 saturated carbocycles. The second-order valence-electron chi connectivity index (χ2n) is 4.72. The summed E-state index contributed by atoms with van der Waals surface area (Å²) in [5, 5.41) is 4.97. The lowest BCUT2D eigenvalue weighted by atomic mass is 10.0. The van der Waals surface area contributed by atoms with E-state index < -0.39 is 0 Å². The van der Waals surface area contributed by atoms with Crippen LogP contribution in [-0.2, 0) is 12.8 Å². The van der Waals surface area contributed by atoms with Crippen molar-refractivity contribution < 1.29 is 0 Å². The van der Waals surface area contributed by atoms with E-state index in [-0.39, 0.29) is 0 Å². The summed E-state index contributed by atoms with van der Waals surface area (Å²) in [7, 11) is 0. The van der Waals surface area contributed by atoms with Crippen LogP contribution < -0.4 is 5.32 Å². The van der Waals surface area contributed by atoms with Gasteiger partial charge in [0.05, 0.1) is 0 Å². The number of likely N-dealkylation sites (N-methyl/N-ethyl adjacent to an activating group) is 1. The molecule has 1 atom stereocenters. The average molecular weight is 309 g/mol. The highest BCUT2D eigenvalue weighted by atomic mass is 35.5. The summed E-state index contributed by atoms with van der Waals surface area (Å²) in [6.07, 6.45) is 3.53. The van der Waals surface area contributed by atoms with E-state index in [1.807, 2.05) is 42.6 Å². The maximum absolute atomic E-state index is 6.24. The van der Waals surface area contributed by atoms with Gasteiger partial charge < -0.3 is 5.32 Å². The quantitative estimate of drug-likeness (QED) is 0.867. The van der Waals surface area contributed by atoms with E-state index in [1.165, 1.54) is 0 Å². The highest BCUT2D eigenvalue weighted by molar-refractivity contribution is 6.33. The van der Waals surface area contributed by atoms with Gasteiger partial charge in [-0.05, 0) is 48.9 Å². The number of benzene rings is 1. The highest BCUT2D eigenvalue weighted by Gasteiger charge is 2.12. The number of nitrogens with zero attached hydrogens (tertiary/aromatic N) is 1. The average Bonchev–Trinajstić information content (AvgIpc) is 2.44. The SMILES string of the molecule is CCNC(Cc1ccccn1)Cc1cc(Cl)ccc1Cl. The monoisotopic (exact) mass is 308 g/mol. The highest BCUT2D eigenvalue weighted by Crippen LogP contribution is 2.22. The lowest BCUT2D eigenvalue weighted by molar-refractivity contribution is 0.516. The Hall–Kier alpha value is -1.09. The summed E-state index contributed by atoms with van der Waals surface area (Å²) in [6.45, 7) is 3.01. The number of hydrogen-bond donors (Lipinski definition) is 1. The normalized spacial score (nSPS) is 12.3. The van der Waals surface area contributed by atoms with Crippen molar-refractivity contribution in [2.75, 3.05) is 6.54 Å². The van der Waals surface area contributed by atoms with Crippen LogP contribution in [0.2, 0.25) is 10.0 Å². The van der Waals surface area contributed by atoms with Crippen LogP contribution in [0.15, 0.2) is 42.6 Å². The van der Waals surface area contributed by atoms with E-state index >= 15 is 0 Å². The van der Waals surface area contributed by atoms with Crippen LogP contribution in [0.1, 0.15) is 18.2 Å². The molecule has 0 aliphatic rings. The van der Waals surface area contributed by atoms with Gasteiger partial charge >= 0.3 is 0 Å². The molecule has 0 bridgehead atoms. The zero-order chi connectivity index (χ0) is 14.4. The Kier molecular flexibility index (Phi) is 5.84. The Labute approximate surface area is 130 Å². The minimum atomic E-state index is 0.297. The van der Waals surface area contributed by atoms with Crippen LogP contribution in [0.25, 0.3) is 0 Å². The lowest BCUT2D eigenvalue weighted by Gasteiger charge is -2.18. The third kappa shape index (κ3) is 4.48. The van der Waals surface area contributed by atoms with E-state index in [4.69, 9.17) is 23.2 Å². The molecular weight excluding hydrogens is 291 g/mol. The second kappa shape index (κ2) is 7.63. The fourth-order valence-corrected chi connectivity index (χ4v) is 2.63. The smallest absolute Gasteiger partial charge is 0.0439 e. The van der Waals surface area contributed by atoms with Crippen LogP contribution in [-0.4, -0.2) is 17.6 Å². The number of pyridine rings is 1. The van der Waals surface area contributed by atoms with Gasteiger partial charge in [0.15, 0.2) is 0 Å². The zero-order valence-corrected chi connectivity index (χ0v) is 13.0. The number of nitrogens with one attached hydrogen (secondary N) is 1. The van der Waals surface area contributed by atoms with E-state index in [0.717, 1.165) is 40.7 Å². The van der Waals surface area contributed by atoms with Gasteiger partial charge in [0.1, 0.15) is 0 Å². The molecule has 2 nitrogen and oxygen atoms in total. The largest absolute Gasteiger partial charge is 0.314 e. The fraction of sp³-hybridized carbons (Fsp3) is 0.312. The Balaban J connectivity index is 2.11. The number of halogens is 2. The molecule has 1 unspecified atom stereocenters. The summed E-state index contributed by atoms with van der Waals surface area (Å²) in [5.41, 5.74) is 2.15. The Morgan fingerprint density at radius 3 is 2.70 bits per heavy atom. The summed E-state index contributed by atoms with van der Waals surface area (Å²) < 4.78 is 0. The van der Waals surface area contributed by atoms with Gasteiger partial charge in [-0.2, -0.15) is 0 Å². The minimum absolute atomic E-state index is 0.297. The predicted molar refractivity (Wildman–Crippen MR) is 85.6 cm³/mol. The van der Waals surface area contributed by atoms with Crippen molar-refractivity contribution in [3.8, 4) is 0 Å². The summed E-state index contributed by atoms with van der Waals surface area (Å²) in [4.78, 5) is 4.38. The van der Waals surface area contributed by atoms with Crippen molar-refractivity contribution in [1.29, 1.82) is 0 Å². The van der Waals surface area contributed by atoms with Crippen molar-refractivity contribution >= 4 is 23.2 Å². The van der Waals surface area contributed by atoms with Gasteiger partial charge in [0.25, 0.3) is 0 Å². The molecule has 1 N–H and O–H groups in total. The lowest BCUT2D eigenvalue weighted by Crippen LogP contribution is -2.33. The van der Waals surface area contributed by atoms with Gasteiger partial charge in [0.2, 0.25) is 0 Å². The van der Waals surface area contributed by atoms with E-state index in [1.54, 1.807) is 0 Å². The standard InChI is InChI=1S/C16H18Cl2N2/c1-2-19-15(11-14-5-3-4-8-20-14)10-12-9-13(17)6-7-16(12)18/h3-9,15,19H,2,10-11H2,1H3. The molecule has 0 radical (unpaired) electrons. The van der Waals surface area contributed by atoms with Crippen LogP contribution in [0.3, 0.4) is 0 Å². The van der Waals surface area contributed by atoms with Gasteiger partial charge in [-0.3, -0.25) is 4.98 Å². The molecule has 1 heterocycles. The van der Waals surface area contributed by atoms with Gasteiger partial charge in [-0.15, -0.1) is 0 Å². The molecule has 1 aromatic heterocycles. The fourth-order valence-electron chi connectivity index (χ4n) is 2.24. The number of rotatable bonds is 6. The summed E-state index contributed by atoms with van der Waals surface area (Å²) >= 11 is 12.3. The first-order valence-electron chi connectivity index (χ1n) is 6.76. The molecule has 0 aliphatic carbocycles. The summed E-state index contributed by atoms with van der Waals surface area (Å²) in [6, 6.07) is 11.9. The predicted octanol–water partition coefficient (Wildman–Crippen LogP) is 4.15. The van der Waals surface area contributed by atoms with Crippen molar-refractivity contribution in [2.45, 2.75) is 25.8 Å². The molecule has 2 aromatic rings. The van der Waals surface area contributed by atoms with Gasteiger partial charge in [-0.1, -0.05) is 36.2 Å². The maximum Gasteiger partial charge on any atom is 0.0439 e. The van der Waals surface area contributed by atoms with Crippen LogP contribution in [0.5, 0.6) is 0 Å². The van der Waals surface area contributed by atoms with Crippen molar-refractivity contribution in [3.05, 3.63) is 63.9 Å². The Morgan fingerprint density at radius 1 is 1.15 bits per heavy atom. The van der Waals surface area contributed by atoms with Gasteiger partial charge in [0, 0.05) is 34.4 Å². The number of aromatic nitrogens is 1. The molecule has 0 aliphatic heterocycles. The first-order valence-corrected chi connectivity index (χ1v) is 7.52. The van der Waals surface area contributed by atoms with Crippen LogP contribution in [0, 0.1) is 0 Å². The number of hydrogen-bond acceptors (Lipinski definition) is 2. The minimum Gasteiger partial charge on any atom is -0.314 e. The van der Waals surface area contributed by atoms with Crippen LogP contribution >= 0.6 is 23.2 Å². The zero-order valence-electron chi connectivity index (χ0n) is 11.4. The molecule has 0 amide bonds. The molecule has 2 rings (SSSR count). The third-order valence-corrected chi connectivity index (χ3v) is 3.75. The first-order chi connectivity index (χ1) is 9.69. The third-order valence-electron chi connectivity index (χ3n) is 3.15. The molecular formula is C16H18Cl2N2. The van der Waals surface area contributed by atoms with Crippen LogP contribution in [0.4, 0.5) is 0 Å². The summed E-state index contributed by atoms with van der Waals surface area (Å²) in [5.74, 6) is 0. The van der Waals surface area contributed by atoms with Crippen molar-refractivity contribution in [2.24, 2.45) is 0 Å².